The van der Waals surface area contributed by atoms with Gasteiger partial charge in [0.1, 0.15) is 6.26 Å². The third kappa shape index (κ3) is 3.32. The van der Waals surface area contributed by atoms with Crippen LogP contribution in [0, 0.1) is 0 Å². The highest BCUT2D eigenvalue weighted by Crippen LogP contribution is 2.13. The van der Waals surface area contributed by atoms with Gasteiger partial charge in [-0.2, -0.15) is 5.10 Å². The largest absolute Gasteiger partial charge is 0.612 e. The SMILES string of the molecule is C[S+]([O-])c1cccc(/C=C/c2ccc(=O)[nH]n2)c1. The van der Waals surface area contributed by atoms with Gasteiger partial charge in [0.2, 0.25) is 0 Å². The minimum Gasteiger partial charge on any atom is -0.612 e. The molecule has 18 heavy (non-hydrogen) atoms. The second kappa shape index (κ2) is 5.66. The molecule has 2 aromatic rings. The fourth-order valence-corrected chi connectivity index (χ4v) is 2.00. The van der Waals surface area contributed by atoms with Gasteiger partial charge in [0.05, 0.1) is 5.69 Å². The molecular formula is C13H12N2O2S. The quantitative estimate of drug-likeness (QED) is 0.854. The Morgan fingerprint density at radius 3 is 2.78 bits per heavy atom. The summed E-state index contributed by atoms with van der Waals surface area (Å²) in [5.41, 5.74) is 1.38. The molecule has 1 aromatic heterocycles. The highest BCUT2D eigenvalue weighted by atomic mass is 32.2. The second-order valence-electron chi connectivity index (χ2n) is 3.71. The molecule has 0 aliphatic rings. The van der Waals surface area contributed by atoms with Crippen molar-refractivity contribution in [2.24, 2.45) is 0 Å². The van der Waals surface area contributed by atoms with Crippen LogP contribution in [-0.2, 0) is 11.2 Å². The predicted molar refractivity (Wildman–Crippen MR) is 72.6 cm³/mol. The monoisotopic (exact) mass is 260 g/mol. The number of hydrogen-bond donors (Lipinski definition) is 1. The van der Waals surface area contributed by atoms with Crippen LogP contribution in [0.5, 0.6) is 0 Å². The molecule has 0 saturated heterocycles. The summed E-state index contributed by atoms with van der Waals surface area (Å²) in [5, 5.41) is 6.23. The lowest BCUT2D eigenvalue weighted by molar-refractivity contribution is 0.601. The van der Waals surface area contributed by atoms with Crippen molar-refractivity contribution < 1.29 is 4.55 Å². The normalized spacial score (nSPS) is 12.8. The molecule has 92 valence electrons. The average molecular weight is 260 g/mol. The minimum absolute atomic E-state index is 0.226. The summed E-state index contributed by atoms with van der Waals surface area (Å²) < 4.78 is 11.3. The molecule has 1 heterocycles. The van der Waals surface area contributed by atoms with Gasteiger partial charge in [-0.3, -0.25) is 4.79 Å². The van der Waals surface area contributed by atoms with E-state index in [2.05, 4.69) is 10.2 Å². The summed E-state index contributed by atoms with van der Waals surface area (Å²) in [6, 6.07) is 10.5. The molecule has 2 rings (SSSR count). The Morgan fingerprint density at radius 2 is 2.11 bits per heavy atom. The van der Waals surface area contributed by atoms with Crippen LogP contribution in [0.1, 0.15) is 11.3 Å². The Hall–Kier alpha value is -1.85. The van der Waals surface area contributed by atoms with E-state index in [1.807, 2.05) is 30.3 Å². The minimum atomic E-state index is -0.987. The number of hydrogen-bond acceptors (Lipinski definition) is 3. The number of H-pyrrole nitrogens is 1. The van der Waals surface area contributed by atoms with E-state index >= 15 is 0 Å². The van der Waals surface area contributed by atoms with E-state index in [9.17, 15) is 9.35 Å². The summed E-state index contributed by atoms with van der Waals surface area (Å²) in [6.07, 6.45) is 5.29. The van der Waals surface area contributed by atoms with Gasteiger partial charge >= 0.3 is 0 Å². The topological polar surface area (TPSA) is 68.8 Å². The van der Waals surface area contributed by atoms with Gasteiger partial charge in [0.25, 0.3) is 5.56 Å². The summed E-state index contributed by atoms with van der Waals surface area (Å²) in [6.45, 7) is 0. The number of benzene rings is 1. The molecule has 5 heteroatoms. The zero-order valence-electron chi connectivity index (χ0n) is 9.79. The van der Waals surface area contributed by atoms with Crippen molar-refractivity contribution >= 4 is 23.3 Å². The molecular weight excluding hydrogens is 248 g/mol. The smallest absolute Gasteiger partial charge is 0.264 e. The van der Waals surface area contributed by atoms with Crippen LogP contribution in [0.2, 0.25) is 0 Å². The number of aromatic amines is 1. The van der Waals surface area contributed by atoms with Crippen molar-refractivity contribution in [3.05, 3.63) is 58.0 Å². The fraction of sp³-hybridized carbons (Fsp3) is 0.0769. The van der Waals surface area contributed by atoms with Gasteiger partial charge in [0.15, 0.2) is 4.90 Å². The van der Waals surface area contributed by atoms with Gasteiger partial charge in [-0.15, -0.1) is 0 Å². The molecule has 1 atom stereocenters. The van der Waals surface area contributed by atoms with Crippen molar-refractivity contribution in [2.45, 2.75) is 4.90 Å². The number of aromatic nitrogens is 2. The third-order valence-electron chi connectivity index (χ3n) is 2.34. The second-order valence-corrected chi connectivity index (χ2v) is 5.09. The summed E-state index contributed by atoms with van der Waals surface area (Å²) >= 11 is -0.987. The molecule has 4 nitrogen and oxygen atoms in total. The third-order valence-corrected chi connectivity index (χ3v) is 3.26. The highest BCUT2D eigenvalue weighted by Gasteiger charge is 2.02. The van der Waals surface area contributed by atoms with Crippen LogP contribution >= 0.6 is 0 Å². The van der Waals surface area contributed by atoms with Crippen LogP contribution in [0.4, 0.5) is 0 Å². The van der Waals surface area contributed by atoms with Crippen molar-refractivity contribution in [3.8, 4) is 0 Å². The first-order valence-corrected chi connectivity index (χ1v) is 6.88. The molecule has 0 saturated carbocycles. The van der Waals surface area contributed by atoms with E-state index in [1.54, 1.807) is 18.4 Å². The Morgan fingerprint density at radius 1 is 1.28 bits per heavy atom. The van der Waals surface area contributed by atoms with Gasteiger partial charge in [0, 0.05) is 12.1 Å². The molecule has 0 spiro atoms. The number of nitrogens with one attached hydrogen (secondary N) is 1. The Labute approximate surface area is 108 Å². The van der Waals surface area contributed by atoms with Crippen LogP contribution in [0.25, 0.3) is 12.2 Å². The van der Waals surface area contributed by atoms with Crippen molar-refractivity contribution in [1.82, 2.24) is 10.2 Å². The number of nitrogens with zero attached hydrogens (tertiary/aromatic N) is 1. The van der Waals surface area contributed by atoms with Crippen LogP contribution < -0.4 is 5.56 Å². The lowest BCUT2D eigenvalue weighted by Gasteiger charge is -2.04. The van der Waals surface area contributed by atoms with Gasteiger partial charge in [-0.05, 0) is 34.9 Å². The molecule has 0 amide bonds. The van der Waals surface area contributed by atoms with Crippen LogP contribution in [0.15, 0.2) is 46.1 Å². The molecule has 0 bridgehead atoms. The summed E-state index contributed by atoms with van der Waals surface area (Å²) in [4.78, 5) is 11.6. The maximum absolute atomic E-state index is 11.3. The molecule has 0 fully saturated rings. The van der Waals surface area contributed by atoms with Crippen molar-refractivity contribution in [1.29, 1.82) is 0 Å². The summed E-state index contributed by atoms with van der Waals surface area (Å²) in [5.74, 6) is 0. The first-order chi connectivity index (χ1) is 8.65. The zero-order valence-corrected chi connectivity index (χ0v) is 10.6. The molecule has 0 radical (unpaired) electrons. The van der Waals surface area contributed by atoms with E-state index in [1.165, 1.54) is 6.07 Å². The first kappa shape index (κ1) is 12.6. The van der Waals surface area contributed by atoms with Crippen molar-refractivity contribution in [3.63, 3.8) is 0 Å². The Balaban J connectivity index is 2.20. The van der Waals surface area contributed by atoms with E-state index in [0.29, 0.717) is 5.69 Å². The van der Waals surface area contributed by atoms with Gasteiger partial charge in [-0.1, -0.05) is 18.2 Å². The van der Waals surface area contributed by atoms with E-state index in [-0.39, 0.29) is 5.56 Å². The molecule has 1 N–H and O–H groups in total. The standard InChI is InChI=1S/C13H12N2O2S/c1-18(17)12-4-2-3-10(9-12)5-6-11-7-8-13(16)15-14-11/h2-9H,1H3,(H,15,16)/b6-5+. The lowest BCUT2D eigenvalue weighted by atomic mass is 10.2. The van der Waals surface area contributed by atoms with Crippen LogP contribution in [0.3, 0.4) is 0 Å². The van der Waals surface area contributed by atoms with Crippen molar-refractivity contribution in [2.75, 3.05) is 6.26 Å². The fourth-order valence-electron chi connectivity index (χ4n) is 1.43. The molecule has 1 aromatic carbocycles. The van der Waals surface area contributed by atoms with E-state index in [0.717, 1.165) is 10.5 Å². The molecule has 1 unspecified atom stereocenters. The molecule has 0 aliphatic heterocycles. The predicted octanol–water partition coefficient (Wildman–Crippen LogP) is 1.68. The maximum atomic E-state index is 11.3. The number of rotatable bonds is 3. The summed E-state index contributed by atoms with van der Waals surface area (Å²) in [7, 11) is 0. The van der Waals surface area contributed by atoms with Gasteiger partial charge in [-0.25, -0.2) is 5.10 Å². The lowest BCUT2D eigenvalue weighted by Crippen LogP contribution is -2.05. The van der Waals surface area contributed by atoms with Crippen LogP contribution in [-0.4, -0.2) is 21.0 Å². The Bertz CT molecular complexity index is 600. The maximum Gasteiger partial charge on any atom is 0.264 e. The van der Waals surface area contributed by atoms with Gasteiger partial charge < -0.3 is 4.55 Å². The highest BCUT2D eigenvalue weighted by molar-refractivity contribution is 7.90. The van der Waals surface area contributed by atoms with E-state index < -0.39 is 11.2 Å². The zero-order chi connectivity index (χ0) is 13.0. The van der Waals surface area contributed by atoms with E-state index in [4.69, 9.17) is 0 Å². The Kier molecular flexibility index (Phi) is 3.96. The average Bonchev–Trinajstić information content (AvgIpc) is 2.38. The first-order valence-electron chi connectivity index (χ1n) is 5.32. The molecule has 0 aliphatic carbocycles.